The largest absolute Gasteiger partial charge is 0.507 e. The van der Waals surface area contributed by atoms with Crippen LogP contribution in [-0.2, 0) is 0 Å². The van der Waals surface area contributed by atoms with E-state index in [1.54, 1.807) is 19.1 Å². The van der Waals surface area contributed by atoms with Crippen molar-refractivity contribution in [2.75, 3.05) is 5.73 Å². The molecule has 0 aliphatic carbocycles. The van der Waals surface area contributed by atoms with Gasteiger partial charge in [0.1, 0.15) is 11.3 Å². The van der Waals surface area contributed by atoms with Crippen LogP contribution in [0.25, 0.3) is 22.6 Å². The maximum Gasteiger partial charge on any atom is 0.231 e. The number of nitrogens with zero attached hydrogens (tertiary/aromatic N) is 1. The molecule has 0 saturated heterocycles. The van der Waals surface area contributed by atoms with Crippen LogP contribution >= 0.6 is 0 Å². The van der Waals surface area contributed by atoms with Gasteiger partial charge in [0.2, 0.25) is 5.89 Å². The first-order chi connectivity index (χ1) is 9.04. The molecule has 0 atom stereocenters. The Labute approximate surface area is 110 Å². The Morgan fingerprint density at radius 3 is 2.74 bits per heavy atom. The van der Waals surface area contributed by atoms with Gasteiger partial charge in [-0.1, -0.05) is 6.07 Å². The van der Waals surface area contributed by atoms with Crippen LogP contribution in [0.5, 0.6) is 5.75 Å². The average molecular weight is 254 g/mol. The van der Waals surface area contributed by atoms with E-state index in [9.17, 15) is 5.11 Å². The van der Waals surface area contributed by atoms with Gasteiger partial charge in [-0.15, -0.1) is 0 Å². The summed E-state index contributed by atoms with van der Waals surface area (Å²) in [4.78, 5) is 4.38. The van der Waals surface area contributed by atoms with Crippen LogP contribution in [0.15, 0.2) is 34.7 Å². The number of anilines is 1. The molecule has 3 rings (SSSR count). The zero-order valence-electron chi connectivity index (χ0n) is 10.8. The Bertz CT molecular complexity index is 775. The van der Waals surface area contributed by atoms with E-state index in [0.717, 1.165) is 11.1 Å². The SMILES string of the molecule is Cc1ccc2nc(-c3cc(N)cc(C)c3O)oc2c1. The summed E-state index contributed by atoms with van der Waals surface area (Å²) in [7, 11) is 0. The molecule has 0 bridgehead atoms. The minimum absolute atomic E-state index is 0.150. The number of hydrogen-bond acceptors (Lipinski definition) is 4. The summed E-state index contributed by atoms with van der Waals surface area (Å²) in [5.74, 6) is 0.533. The number of phenolic OH excluding ortho intramolecular Hbond substituents is 1. The normalized spacial score (nSPS) is 11.1. The van der Waals surface area contributed by atoms with E-state index >= 15 is 0 Å². The van der Waals surface area contributed by atoms with Crippen LogP contribution < -0.4 is 5.73 Å². The Hall–Kier alpha value is -2.49. The standard InChI is InChI=1S/C15H14N2O2/c1-8-3-4-12-13(5-8)19-15(17-12)11-7-10(16)6-9(2)14(11)18/h3-7,18H,16H2,1-2H3. The maximum absolute atomic E-state index is 10.1. The molecule has 0 unspecified atom stereocenters. The smallest absolute Gasteiger partial charge is 0.231 e. The van der Waals surface area contributed by atoms with Crippen molar-refractivity contribution in [1.82, 2.24) is 4.98 Å². The van der Waals surface area contributed by atoms with Crippen LogP contribution in [0.1, 0.15) is 11.1 Å². The summed E-state index contributed by atoms with van der Waals surface area (Å²) in [5, 5.41) is 10.1. The predicted molar refractivity (Wildman–Crippen MR) is 75.0 cm³/mol. The molecule has 0 radical (unpaired) electrons. The van der Waals surface area contributed by atoms with Crippen molar-refractivity contribution < 1.29 is 9.52 Å². The minimum Gasteiger partial charge on any atom is -0.507 e. The highest BCUT2D eigenvalue weighted by Gasteiger charge is 2.14. The number of rotatable bonds is 1. The van der Waals surface area contributed by atoms with Crippen molar-refractivity contribution in [3.63, 3.8) is 0 Å². The molecular formula is C15H14N2O2. The molecule has 0 saturated carbocycles. The molecule has 4 nitrogen and oxygen atoms in total. The van der Waals surface area contributed by atoms with Crippen molar-refractivity contribution >= 4 is 16.8 Å². The lowest BCUT2D eigenvalue weighted by Crippen LogP contribution is -1.89. The first-order valence-electron chi connectivity index (χ1n) is 6.01. The Morgan fingerprint density at radius 2 is 1.95 bits per heavy atom. The van der Waals surface area contributed by atoms with E-state index < -0.39 is 0 Å². The predicted octanol–water partition coefficient (Wildman–Crippen LogP) is 3.40. The molecular weight excluding hydrogens is 240 g/mol. The lowest BCUT2D eigenvalue weighted by atomic mass is 10.1. The monoisotopic (exact) mass is 254 g/mol. The number of aromatic nitrogens is 1. The highest BCUT2D eigenvalue weighted by molar-refractivity contribution is 5.79. The Morgan fingerprint density at radius 1 is 1.16 bits per heavy atom. The Balaban J connectivity index is 2.24. The van der Waals surface area contributed by atoms with Crippen LogP contribution in [0.2, 0.25) is 0 Å². The molecule has 1 heterocycles. The van der Waals surface area contributed by atoms with Gasteiger partial charge in [0.15, 0.2) is 5.58 Å². The van der Waals surface area contributed by atoms with Crippen LogP contribution in [0.4, 0.5) is 5.69 Å². The van der Waals surface area contributed by atoms with Gasteiger partial charge >= 0.3 is 0 Å². The average Bonchev–Trinajstić information content (AvgIpc) is 2.76. The summed E-state index contributed by atoms with van der Waals surface area (Å²) in [5.41, 5.74) is 10.2. The second-order valence-electron chi connectivity index (χ2n) is 4.72. The third-order valence-electron chi connectivity index (χ3n) is 3.10. The number of oxazole rings is 1. The number of aryl methyl sites for hydroxylation is 2. The topological polar surface area (TPSA) is 72.3 Å². The number of fused-ring (bicyclic) bond motifs is 1. The summed E-state index contributed by atoms with van der Waals surface area (Å²) >= 11 is 0. The molecule has 19 heavy (non-hydrogen) atoms. The number of nitrogens with two attached hydrogens (primary N) is 1. The van der Waals surface area contributed by atoms with E-state index in [1.807, 2.05) is 25.1 Å². The number of benzene rings is 2. The molecule has 0 amide bonds. The van der Waals surface area contributed by atoms with E-state index in [1.165, 1.54) is 0 Å². The molecule has 2 aromatic carbocycles. The number of hydrogen-bond donors (Lipinski definition) is 2. The molecule has 0 spiro atoms. The van der Waals surface area contributed by atoms with Crippen molar-refractivity contribution in [2.45, 2.75) is 13.8 Å². The molecule has 3 N–H and O–H groups in total. The summed E-state index contributed by atoms with van der Waals surface area (Å²) < 4.78 is 5.70. The zero-order chi connectivity index (χ0) is 13.6. The molecule has 0 aliphatic rings. The summed E-state index contributed by atoms with van der Waals surface area (Å²) in [6, 6.07) is 9.17. The van der Waals surface area contributed by atoms with Crippen LogP contribution in [-0.4, -0.2) is 10.1 Å². The lowest BCUT2D eigenvalue weighted by Gasteiger charge is -2.05. The fourth-order valence-corrected chi connectivity index (χ4v) is 2.12. The Kier molecular flexibility index (Phi) is 2.45. The molecule has 96 valence electrons. The van der Waals surface area contributed by atoms with Gasteiger partial charge in [-0.05, 0) is 49.2 Å². The summed E-state index contributed by atoms with van der Waals surface area (Å²) in [6.07, 6.45) is 0. The van der Waals surface area contributed by atoms with Gasteiger partial charge in [0, 0.05) is 5.69 Å². The first-order valence-corrected chi connectivity index (χ1v) is 6.01. The first kappa shape index (κ1) is 11.6. The maximum atomic E-state index is 10.1. The minimum atomic E-state index is 0.150. The van der Waals surface area contributed by atoms with Crippen molar-refractivity contribution in [3.05, 3.63) is 41.5 Å². The van der Waals surface area contributed by atoms with Gasteiger partial charge in [0.05, 0.1) is 5.56 Å². The highest BCUT2D eigenvalue weighted by atomic mass is 16.3. The van der Waals surface area contributed by atoms with E-state index in [0.29, 0.717) is 28.3 Å². The van der Waals surface area contributed by atoms with E-state index in [2.05, 4.69) is 4.98 Å². The van der Waals surface area contributed by atoms with Crippen LogP contribution in [0.3, 0.4) is 0 Å². The summed E-state index contributed by atoms with van der Waals surface area (Å²) in [6.45, 7) is 3.78. The molecule has 3 aromatic rings. The van der Waals surface area contributed by atoms with Gasteiger partial charge < -0.3 is 15.3 Å². The van der Waals surface area contributed by atoms with Gasteiger partial charge in [-0.25, -0.2) is 4.98 Å². The van der Waals surface area contributed by atoms with Crippen molar-refractivity contribution in [2.24, 2.45) is 0 Å². The van der Waals surface area contributed by atoms with E-state index in [4.69, 9.17) is 10.2 Å². The van der Waals surface area contributed by atoms with Gasteiger partial charge in [0.25, 0.3) is 0 Å². The number of phenols is 1. The van der Waals surface area contributed by atoms with Gasteiger partial charge in [-0.2, -0.15) is 0 Å². The number of nitrogen functional groups attached to an aromatic ring is 1. The molecule has 4 heteroatoms. The van der Waals surface area contributed by atoms with Crippen molar-refractivity contribution in [1.29, 1.82) is 0 Å². The van der Waals surface area contributed by atoms with E-state index in [-0.39, 0.29) is 5.75 Å². The van der Waals surface area contributed by atoms with Crippen molar-refractivity contribution in [3.8, 4) is 17.2 Å². The highest BCUT2D eigenvalue weighted by Crippen LogP contribution is 2.35. The molecule has 0 fully saturated rings. The fraction of sp³-hybridized carbons (Fsp3) is 0.133. The zero-order valence-corrected chi connectivity index (χ0v) is 10.8. The molecule has 0 aliphatic heterocycles. The third-order valence-corrected chi connectivity index (χ3v) is 3.10. The van der Waals surface area contributed by atoms with Gasteiger partial charge in [-0.3, -0.25) is 0 Å². The quantitative estimate of drug-likeness (QED) is 0.515. The van der Waals surface area contributed by atoms with Crippen LogP contribution in [0, 0.1) is 13.8 Å². The second kappa shape index (κ2) is 4.02. The fourth-order valence-electron chi connectivity index (χ4n) is 2.12. The third kappa shape index (κ3) is 1.91. The lowest BCUT2D eigenvalue weighted by molar-refractivity contribution is 0.470. The second-order valence-corrected chi connectivity index (χ2v) is 4.72. The molecule has 1 aromatic heterocycles. The number of aromatic hydroxyl groups is 1.